The van der Waals surface area contributed by atoms with E-state index >= 15 is 0 Å². The number of unbranched alkanes of at least 4 members (excludes halogenated alkanes) is 2. The van der Waals surface area contributed by atoms with Crippen molar-refractivity contribution in [2.45, 2.75) is 25.7 Å². The average molecular weight is 169 g/mol. The SMILES string of the molecule is S=C=NCCCCCC1=NN1. The summed E-state index contributed by atoms with van der Waals surface area (Å²) in [5.41, 5.74) is 2.83. The van der Waals surface area contributed by atoms with E-state index in [2.05, 4.69) is 32.9 Å². The first-order chi connectivity index (χ1) is 5.43. The van der Waals surface area contributed by atoms with Crippen LogP contribution in [0.3, 0.4) is 0 Å². The molecule has 0 bridgehead atoms. The van der Waals surface area contributed by atoms with Gasteiger partial charge >= 0.3 is 0 Å². The molecular formula is C7H11N3S. The van der Waals surface area contributed by atoms with Gasteiger partial charge in [0.2, 0.25) is 0 Å². The molecule has 0 atom stereocenters. The lowest BCUT2D eigenvalue weighted by Crippen LogP contribution is -1.92. The van der Waals surface area contributed by atoms with Crippen LogP contribution < -0.4 is 5.43 Å². The zero-order chi connectivity index (χ0) is 7.94. The normalized spacial score (nSPS) is 12.9. The summed E-state index contributed by atoms with van der Waals surface area (Å²) in [6.45, 7) is 0.823. The summed E-state index contributed by atoms with van der Waals surface area (Å²) in [5, 5.41) is 6.20. The molecule has 1 heterocycles. The van der Waals surface area contributed by atoms with Gasteiger partial charge in [-0.15, -0.1) is 0 Å². The van der Waals surface area contributed by atoms with E-state index < -0.39 is 0 Å². The molecule has 0 unspecified atom stereocenters. The third-order valence-electron chi connectivity index (χ3n) is 1.52. The van der Waals surface area contributed by atoms with Crippen molar-refractivity contribution in [3.05, 3.63) is 0 Å². The van der Waals surface area contributed by atoms with Crippen molar-refractivity contribution in [2.24, 2.45) is 10.1 Å². The first kappa shape index (κ1) is 8.37. The molecule has 0 aromatic carbocycles. The molecule has 0 saturated carbocycles. The Hall–Kier alpha value is -0.730. The molecule has 1 N–H and O–H groups in total. The summed E-state index contributed by atoms with van der Waals surface area (Å²) >= 11 is 4.44. The zero-order valence-electron chi connectivity index (χ0n) is 6.34. The molecular weight excluding hydrogens is 158 g/mol. The lowest BCUT2D eigenvalue weighted by molar-refractivity contribution is 0.708. The molecule has 3 nitrogen and oxygen atoms in total. The predicted molar refractivity (Wildman–Crippen MR) is 48.9 cm³/mol. The van der Waals surface area contributed by atoms with Crippen LogP contribution in [0.4, 0.5) is 0 Å². The van der Waals surface area contributed by atoms with E-state index in [0.717, 1.165) is 25.2 Å². The smallest absolute Gasteiger partial charge is 0.142 e. The first-order valence-corrected chi connectivity index (χ1v) is 4.20. The summed E-state index contributed by atoms with van der Waals surface area (Å²) in [4.78, 5) is 3.82. The standard InChI is InChI=1S/C7H11N3S/c11-6-8-5-3-1-2-4-7-9-10-7/h1-5H2,(H,9,10). The maximum atomic E-state index is 4.44. The third-order valence-corrected chi connectivity index (χ3v) is 1.65. The Labute approximate surface area is 71.6 Å². The Kier molecular flexibility index (Phi) is 3.80. The van der Waals surface area contributed by atoms with E-state index in [1.165, 1.54) is 12.8 Å². The summed E-state index contributed by atoms with van der Waals surface area (Å²) in [6.07, 6.45) is 4.58. The lowest BCUT2D eigenvalue weighted by Gasteiger charge is -1.92. The van der Waals surface area contributed by atoms with Gasteiger partial charge in [-0.3, -0.25) is 5.43 Å². The highest BCUT2D eigenvalue weighted by Gasteiger charge is 2.06. The van der Waals surface area contributed by atoms with Crippen LogP contribution in [-0.4, -0.2) is 17.5 Å². The molecule has 0 amide bonds. The average Bonchev–Trinajstić information content (AvgIpc) is 2.80. The second kappa shape index (κ2) is 4.99. The van der Waals surface area contributed by atoms with Gasteiger partial charge in [-0.05, 0) is 25.1 Å². The van der Waals surface area contributed by atoms with Crippen molar-refractivity contribution in [3.63, 3.8) is 0 Å². The first-order valence-electron chi connectivity index (χ1n) is 3.79. The van der Waals surface area contributed by atoms with Gasteiger partial charge in [0.05, 0.1) is 5.16 Å². The minimum absolute atomic E-state index is 0.823. The van der Waals surface area contributed by atoms with E-state index in [9.17, 15) is 0 Å². The number of thiocarbonyl (C=S) groups is 1. The monoisotopic (exact) mass is 169 g/mol. The minimum Gasteiger partial charge on any atom is -0.262 e. The number of amidine groups is 1. The fourth-order valence-corrected chi connectivity index (χ4v) is 0.948. The Morgan fingerprint density at radius 2 is 2.27 bits per heavy atom. The number of aliphatic imine (C=N–C) groups is 1. The van der Waals surface area contributed by atoms with Gasteiger partial charge in [0, 0.05) is 13.0 Å². The van der Waals surface area contributed by atoms with Crippen LogP contribution in [0.25, 0.3) is 0 Å². The van der Waals surface area contributed by atoms with E-state index in [1.54, 1.807) is 0 Å². The maximum absolute atomic E-state index is 4.44. The van der Waals surface area contributed by atoms with Gasteiger partial charge in [0.25, 0.3) is 0 Å². The van der Waals surface area contributed by atoms with Crippen LogP contribution in [0.5, 0.6) is 0 Å². The summed E-state index contributed by atoms with van der Waals surface area (Å²) in [7, 11) is 0. The molecule has 1 aliphatic heterocycles. The lowest BCUT2D eigenvalue weighted by atomic mass is 10.2. The van der Waals surface area contributed by atoms with Gasteiger partial charge in [-0.25, -0.2) is 4.99 Å². The number of nitrogens with one attached hydrogen (secondary N) is 1. The van der Waals surface area contributed by atoms with Crippen LogP contribution in [-0.2, 0) is 0 Å². The molecule has 1 aliphatic rings. The summed E-state index contributed by atoms with van der Waals surface area (Å²) in [6, 6.07) is 0. The molecule has 0 saturated heterocycles. The van der Waals surface area contributed by atoms with Crippen LogP contribution in [0.2, 0.25) is 0 Å². The van der Waals surface area contributed by atoms with Crippen molar-refractivity contribution in [2.75, 3.05) is 6.54 Å². The Morgan fingerprint density at radius 3 is 2.91 bits per heavy atom. The molecule has 0 spiro atoms. The van der Waals surface area contributed by atoms with Gasteiger partial charge in [0.15, 0.2) is 0 Å². The van der Waals surface area contributed by atoms with Crippen molar-refractivity contribution >= 4 is 23.2 Å². The number of hydrogen-bond acceptors (Lipinski definition) is 4. The Morgan fingerprint density at radius 1 is 1.45 bits per heavy atom. The fraction of sp³-hybridized carbons (Fsp3) is 0.714. The van der Waals surface area contributed by atoms with E-state index in [-0.39, 0.29) is 0 Å². The maximum Gasteiger partial charge on any atom is 0.142 e. The highest BCUT2D eigenvalue weighted by molar-refractivity contribution is 7.78. The summed E-state index contributed by atoms with van der Waals surface area (Å²) in [5.74, 6) is 1.14. The van der Waals surface area contributed by atoms with Crippen molar-refractivity contribution in [1.82, 2.24) is 5.43 Å². The van der Waals surface area contributed by atoms with Crippen LogP contribution in [0, 0.1) is 0 Å². The van der Waals surface area contributed by atoms with Crippen molar-refractivity contribution in [3.8, 4) is 0 Å². The van der Waals surface area contributed by atoms with Crippen LogP contribution in [0.1, 0.15) is 25.7 Å². The Bertz CT molecular complexity index is 190. The fourth-order valence-electron chi connectivity index (χ4n) is 0.857. The molecule has 4 heteroatoms. The molecule has 0 fully saturated rings. The zero-order valence-corrected chi connectivity index (χ0v) is 7.15. The number of hydrazone groups is 1. The van der Waals surface area contributed by atoms with E-state index in [1.807, 2.05) is 0 Å². The minimum atomic E-state index is 0.823. The predicted octanol–water partition coefficient (Wildman–Crippen LogP) is 1.57. The van der Waals surface area contributed by atoms with Crippen LogP contribution >= 0.6 is 12.2 Å². The van der Waals surface area contributed by atoms with Gasteiger partial charge in [-0.1, -0.05) is 6.42 Å². The number of rotatable bonds is 6. The van der Waals surface area contributed by atoms with E-state index in [0.29, 0.717) is 0 Å². The third kappa shape index (κ3) is 4.65. The Balaban J connectivity index is 1.79. The molecule has 60 valence electrons. The van der Waals surface area contributed by atoms with Gasteiger partial charge in [0.1, 0.15) is 5.84 Å². The molecule has 0 aliphatic carbocycles. The van der Waals surface area contributed by atoms with Crippen molar-refractivity contribution in [1.29, 1.82) is 0 Å². The largest absolute Gasteiger partial charge is 0.262 e. The molecule has 0 aromatic heterocycles. The van der Waals surface area contributed by atoms with Crippen molar-refractivity contribution < 1.29 is 0 Å². The second-order valence-corrected chi connectivity index (χ2v) is 2.64. The highest BCUT2D eigenvalue weighted by Crippen LogP contribution is 2.04. The quantitative estimate of drug-likeness (QED) is 0.372. The number of isothiocyanates is 1. The molecule has 11 heavy (non-hydrogen) atoms. The molecule has 0 radical (unpaired) electrons. The number of hydrogen-bond donors (Lipinski definition) is 1. The van der Waals surface area contributed by atoms with E-state index in [4.69, 9.17) is 0 Å². The highest BCUT2D eigenvalue weighted by atomic mass is 32.1. The molecule has 1 rings (SSSR count). The van der Waals surface area contributed by atoms with Gasteiger partial charge < -0.3 is 0 Å². The second-order valence-electron chi connectivity index (χ2n) is 2.45. The molecule has 0 aromatic rings. The topological polar surface area (TPSA) is 46.7 Å². The van der Waals surface area contributed by atoms with Crippen LogP contribution in [0.15, 0.2) is 10.1 Å². The van der Waals surface area contributed by atoms with Gasteiger partial charge in [-0.2, -0.15) is 5.10 Å². The number of nitrogens with zero attached hydrogens (tertiary/aromatic N) is 2. The summed E-state index contributed by atoms with van der Waals surface area (Å²) < 4.78 is 0.